The van der Waals surface area contributed by atoms with Crippen LogP contribution in [-0.4, -0.2) is 14.2 Å². The second-order valence-corrected chi connectivity index (χ2v) is 10.2. The first-order valence-corrected chi connectivity index (χ1v) is 12.4. The van der Waals surface area contributed by atoms with Crippen LogP contribution in [0.1, 0.15) is 28.6 Å². The van der Waals surface area contributed by atoms with E-state index in [1.54, 1.807) is 12.1 Å². The summed E-state index contributed by atoms with van der Waals surface area (Å²) >= 11 is 8.50. The lowest BCUT2D eigenvalue weighted by atomic mass is 9.99. The number of para-hydroxylation sites is 1. The maximum atomic E-state index is 13.3. The van der Waals surface area contributed by atoms with Gasteiger partial charge < -0.3 is 4.42 Å². The number of carbonyl (C=O) groups is 1. The van der Waals surface area contributed by atoms with Crippen LogP contribution in [0.4, 0.5) is 5.69 Å². The maximum absolute atomic E-state index is 13.3. The van der Waals surface area contributed by atoms with Crippen LogP contribution in [0, 0.1) is 3.57 Å². The third-order valence-electron chi connectivity index (χ3n) is 4.81. The Balaban J connectivity index is 1.67. The van der Waals surface area contributed by atoms with E-state index in [2.05, 4.69) is 27.3 Å². The van der Waals surface area contributed by atoms with Crippen molar-refractivity contribution in [3.8, 4) is 0 Å². The van der Waals surface area contributed by atoms with E-state index in [9.17, 15) is 13.2 Å². The largest absolute Gasteiger partial charge is 0.460 e. The summed E-state index contributed by atoms with van der Waals surface area (Å²) in [5.74, 6) is 0.324. The van der Waals surface area contributed by atoms with Gasteiger partial charge in [0.2, 0.25) is 0 Å². The Bertz CT molecular complexity index is 1400. The topological polar surface area (TPSA) is 76.4 Å². The van der Waals surface area contributed by atoms with Gasteiger partial charge in [0.15, 0.2) is 5.78 Å². The Hall–Kier alpha value is -2.36. The predicted octanol–water partition coefficient (Wildman–Crippen LogP) is 6.29. The molecule has 31 heavy (non-hydrogen) atoms. The van der Waals surface area contributed by atoms with Gasteiger partial charge in [-0.1, -0.05) is 36.7 Å². The molecule has 8 heteroatoms. The fraction of sp³-hybridized carbons (Fsp3) is 0.0870. The van der Waals surface area contributed by atoms with E-state index in [4.69, 9.17) is 16.0 Å². The zero-order chi connectivity index (χ0) is 22.2. The van der Waals surface area contributed by atoms with Gasteiger partial charge in [-0.25, -0.2) is 8.42 Å². The number of sulfonamides is 1. The molecule has 0 bridgehead atoms. The lowest BCUT2D eigenvalue weighted by Crippen LogP contribution is -2.13. The third kappa shape index (κ3) is 4.35. The minimum atomic E-state index is -3.77. The molecule has 0 spiro atoms. The number of nitrogens with one attached hydrogen (secondary N) is 1. The van der Waals surface area contributed by atoms with Gasteiger partial charge >= 0.3 is 0 Å². The van der Waals surface area contributed by atoms with Crippen LogP contribution < -0.4 is 4.72 Å². The maximum Gasteiger partial charge on any atom is 0.261 e. The Morgan fingerprint density at radius 1 is 1.06 bits per heavy atom. The monoisotopic (exact) mass is 565 g/mol. The molecule has 1 N–H and O–H groups in total. The summed E-state index contributed by atoms with van der Waals surface area (Å²) in [7, 11) is -3.77. The van der Waals surface area contributed by atoms with Gasteiger partial charge in [-0.2, -0.15) is 0 Å². The van der Waals surface area contributed by atoms with Gasteiger partial charge in [-0.3, -0.25) is 9.52 Å². The minimum absolute atomic E-state index is 0.140. The van der Waals surface area contributed by atoms with Gasteiger partial charge in [0.25, 0.3) is 10.0 Å². The molecule has 0 amide bonds. The molecular weight excluding hydrogens is 549 g/mol. The van der Waals surface area contributed by atoms with Gasteiger partial charge in [-0.15, -0.1) is 0 Å². The Labute approximate surface area is 198 Å². The molecule has 0 atom stereocenters. The van der Waals surface area contributed by atoms with Crippen molar-refractivity contribution in [2.75, 3.05) is 4.72 Å². The van der Waals surface area contributed by atoms with Crippen molar-refractivity contribution in [3.63, 3.8) is 0 Å². The molecule has 0 aliphatic carbocycles. The molecule has 3 aromatic carbocycles. The van der Waals surface area contributed by atoms with Crippen molar-refractivity contribution < 1.29 is 17.6 Å². The summed E-state index contributed by atoms with van der Waals surface area (Å²) in [5, 5.41) is 0.879. The molecule has 0 saturated carbocycles. The highest BCUT2D eigenvalue weighted by atomic mass is 127. The van der Waals surface area contributed by atoms with E-state index in [-0.39, 0.29) is 27.0 Å². The molecule has 1 heterocycles. The third-order valence-corrected chi connectivity index (χ3v) is 7.24. The highest BCUT2D eigenvalue weighted by Crippen LogP contribution is 2.31. The Morgan fingerprint density at radius 3 is 2.45 bits per heavy atom. The zero-order valence-electron chi connectivity index (χ0n) is 16.4. The van der Waals surface area contributed by atoms with Crippen molar-refractivity contribution in [2.24, 2.45) is 0 Å². The lowest BCUT2D eigenvalue weighted by Gasteiger charge is -2.10. The molecule has 4 aromatic rings. The second kappa shape index (κ2) is 8.64. The number of benzene rings is 3. The number of hydrogen-bond donors (Lipinski definition) is 1. The molecule has 0 aliphatic rings. The average molecular weight is 566 g/mol. The number of hydrogen-bond acceptors (Lipinski definition) is 4. The molecule has 4 rings (SSSR count). The van der Waals surface area contributed by atoms with Crippen molar-refractivity contribution in [1.29, 1.82) is 0 Å². The second-order valence-electron chi connectivity index (χ2n) is 6.83. The molecular formula is C23H17ClINO4S. The van der Waals surface area contributed by atoms with Crippen LogP contribution in [0.5, 0.6) is 0 Å². The van der Waals surface area contributed by atoms with Crippen LogP contribution in [0.2, 0.25) is 5.02 Å². The molecule has 0 radical (unpaired) electrons. The van der Waals surface area contributed by atoms with Crippen molar-refractivity contribution >= 4 is 66.7 Å². The lowest BCUT2D eigenvalue weighted by molar-refractivity contribution is 0.103. The standard InChI is InChI=1S/C23H17ClINO4S/c1-2-20-22(18-5-3-4-6-21(18)30-20)23(27)17-12-9-15(13-19(17)24)26-31(28,29)16-10-7-14(25)8-11-16/h3-13,26H,2H2,1H3. The van der Waals surface area contributed by atoms with Gasteiger partial charge in [0, 0.05) is 20.9 Å². The van der Waals surface area contributed by atoms with Crippen molar-refractivity contribution in [3.05, 3.63) is 92.2 Å². The first-order chi connectivity index (χ1) is 14.8. The highest BCUT2D eigenvalue weighted by Gasteiger charge is 2.23. The first kappa shape index (κ1) is 21.9. The van der Waals surface area contributed by atoms with Crippen molar-refractivity contribution in [2.45, 2.75) is 18.2 Å². The summed E-state index contributed by atoms with van der Waals surface area (Å²) in [6.07, 6.45) is 0.557. The van der Waals surface area contributed by atoms with Crippen LogP contribution in [0.15, 0.2) is 76.0 Å². The van der Waals surface area contributed by atoms with E-state index in [0.717, 1.165) is 8.96 Å². The van der Waals surface area contributed by atoms with Crippen LogP contribution in [-0.2, 0) is 16.4 Å². The van der Waals surface area contributed by atoms with E-state index < -0.39 is 10.0 Å². The summed E-state index contributed by atoms with van der Waals surface area (Å²) in [6.45, 7) is 1.92. The average Bonchev–Trinajstić information content (AvgIpc) is 3.12. The quantitative estimate of drug-likeness (QED) is 0.220. The van der Waals surface area contributed by atoms with E-state index >= 15 is 0 Å². The number of fused-ring (bicyclic) bond motifs is 1. The van der Waals surface area contributed by atoms with Crippen LogP contribution in [0.3, 0.4) is 0 Å². The molecule has 0 saturated heterocycles. The van der Waals surface area contributed by atoms with Crippen LogP contribution in [0.25, 0.3) is 11.0 Å². The smallest absolute Gasteiger partial charge is 0.261 e. The molecule has 0 unspecified atom stereocenters. The molecule has 1 aromatic heterocycles. The fourth-order valence-electron chi connectivity index (χ4n) is 3.32. The SMILES string of the molecule is CCc1oc2ccccc2c1C(=O)c1ccc(NS(=O)(=O)c2ccc(I)cc2)cc1Cl. The van der Waals surface area contributed by atoms with Gasteiger partial charge in [-0.05, 0) is 71.1 Å². The number of anilines is 1. The Kier molecular flexibility index (Phi) is 6.09. The van der Waals surface area contributed by atoms with Gasteiger partial charge in [0.05, 0.1) is 21.2 Å². The first-order valence-electron chi connectivity index (χ1n) is 9.43. The summed E-state index contributed by atoms with van der Waals surface area (Å²) in [6, 6.07) is 18.3. The number of rotatable bonds is 6. The number of carbonyl (C=O) groups excluding carboxylic acids is 1. The molecule has 5 nitrogen and oxygen atoms in total. The van der Waals surface area contributed by atoms with E-state index in [0.29, 0.717) is 23.3 Å². The summed E-state index contributed by atoms with van der Waals surface area (Å²) in [5.41, 5.74) is 1.67. The van der Waals surface area contributed by atoms with E-state index in [1.807, 2.05) is 31.2 Å². The summed E-state index contributed by atoms with van der Waals surface area (Å²) in [4.78, 5) is 13.4. The zero-order valence-corrected chi connectivity index (χ0v) is 20.1. The number of furan rings is 1. The number of aryl methyl sites for hydroxylation is 1. The minimum Gasteiger partial charge on any atom is -0.460 e. The highest BCUT2D eigenvalue weighted by molar-refractivity contribution is 14.1. The molecule has 158 valence electrons. The summed E-state index contributed by atoms with van der Waals surface area (Å²) < 4.78 is 34.5. The van der Waals surface area contributed by atoms with Gasteiger partial charge in [0.1, 0.15) is 11.3 Å². The number of ketones is 1. The normalized spacial score (nSPS) is 11.6. The van der Waals surface area contributed by atoms with E-state index in [1.165, 1.54) is 30.3 Å². The fourth-order valence-corrected chi connectivity index (χ4v) is 4.99. The van der Waals surface area contributed by atoms with Crippen molar-refractivity contribution in [1.82, 2.24) is 0 Å². The van der Waals surface area contributed by atoms with Crippen LogP contribution >= 0.6 is 34.2 Å². The molecule has 0 aliphatic heterocycles. The number of halogens is 2. The molecule has 0 fully saturated rings. The predicted molar refractivity (Wildman–Crippen MR) is 130 cm³/mol. The Morgan fingerprint density at radius 2 is 1.77 bits per heavy atom.